The zero-order valence-corrected chi connectivity index (χ0v) is 13.8. The molecular weight excluding hydrogens is 403 g/mol. The van der Waals surface area contributed by atoms with Crippen LogP contribution in [-0.4, -0.2) is 0 Å². The summed E-state index contributed by atoms with van der Waals surface area (Å²) in [4.78, 5) is 0. The fourth-order valence-corrected chi connectivity index (χ4v) is 2.81. The molecule has 0 heterocycles. The topological polar surface area (TPSA) is 52.0 Å². The number of halogens is 4. The van der Waals surface area contributed by atoms with Crippen molar-refractivity contribution in [1.29, 1.82) is 0 Å². The van der Waals surface area contributed by atoms with E-state index in [4.69, 9.17) is 34.7 Å². The Hall–Kier alpha value is -0.420. The molecule has 0 aromatic heterocycles. The van der Waals surface area contributed by atoms with Gasteiger partial charge in [0.15, 0.2) is 0 Å². The molecular formula is C12H10Br2Cl2N2. The van der Waals surface area contributed by atoms with Crippen LogP contribution in [0.2, 0.25) is 10.0 Å². The van der Waals surface area contributed by atoms with E-state index < -0.39 is 0 Å². The highest BCUT2D eigenvalue weighted by Gasteiger charge is 2.01. The lowest BCUT2D eigenvalue weighted by molar-refractivity contribution is 1.59. The number of rotatable bonds is 0. The van der Waals surface area contributed by atoms with Gasteiger partial charge in [-0.3, -0.25) is 0 Å². The maximum Gasteiger partial charge on any atom is 0.0603 e. The van der Waals surface area contributed by atoms with Crippen LogP contribution in [0.4, 0.5) is 11.4 Å². The molecule has 0 amide bonds. The molecule has 0 saturated heterocycles. The predicted octanol–water partition coefficient (Wildman–Crippen LogP) is 5.37. The largest absolute Gasteiger partial charge is 0.399 e. The zero-order chi connectivity index (χ0) is 13.7. The van der Waals surface area contributed by atoms with Gasteiger partial charge in [-0.05, 0) is 68.3 Å². The fourth-order valence-electron chi connectivity index (χ4n) is 1.02. The van der Waals surface area contributed by atoms with Crippen molar-refractivity contribution in [3.05, 3.63) is 55.4 Å². The first-order valence-corrected chi connectivity index (χ1v) is 7.15. The van der Waals surface area contributed by atoms with E-state index in [1.54, 1.807) is 36.4 Å². The van der Waals surface area contributed by atoms with Crippen molar-refractivity contribution in [2.45, 2.75) is 0 Å². The molecule has 96 valence electrons. The molecule has 2 aromatic carbocycles. The van der Waals surface area contributed by atoms with Crippen LogP contribution in [0.25, 0.3) is 0 Å². The second-order valence-corrected chi connectivity index (χ2v) is 5.92. The average molecular weight is 413 g/mol. The van der Waals surface area contributed by atoms with E-state index in [0.717, 1.165) is 19.7 Å². The van der Waals surface area contributed by atoms with Crippen molar-refractivity contribution in [1.82, 2.24) is 0 Å². The molecule has 0 aliphatic heterocycles. The normalized spacial score (nSPS) is 9.56. The summed E-state index contributed by atoms with van der Waals surface area (Å²) in [6, 6.07) is 10.6. The third kappa shape index (κ3) is 5.06. The third-order valence-corrected chi connectivity index (χ3v) is 3.70. The molecule has 4 N–H and O–H groups in total. The van der Waals surface area contributed by atoms with Gasteiger partial charge in [0.2, 0.25) is 0 Å². The number of nitrogen functional groups attached to an aromatic ring is 2. The fraction of sp³-hybridized carbons (Fsp3) is 0. The van der Waals surface area contributed by atoms with E-state index in [1.807, 2.05) is 0 Å². The van der Waals surface area contributed by atoms with Gasteiger partial charge in [-0.25, -0.2) is 0 Å². The molecule has 0 aliphatic rings. The Morgan fingerprint density at radius 2 is 1.22 bits per heavy atom. The number of hydrogen-bond donors (Lipinski definition) is 2. The Labute approximate surface area is 133 Å². The van der Waals surface area contributed by atoms with Gasteiger partial charge in [0, 0.05) is 24.7 Å². The van der Waals surface area contributed by atoms with E-state index in [-0.39, 0.29) is 0 Å². The number of nitrogens with two attached hydrogens (primary N) is 2. The Balaban J connectivity index is 0.000000184. The van der Waals surface area contributed by atoms with Crippen LogP contribution in [-0.2, 0) is 0 Å². The maximum absolute atomic E-state index is 5.71. The van der Waals surface area contributed by atoms with Crippen LogP contribution in [0.15, 0.2) is 45.3 Å². The van der Waals surface area contributed by atoms with E-state index in [9.17, 15) is 0 Å². The van der Waals surface area contributed by atoms with E-state index in [1.165, 1.54) is 0 Å². The van der Waals surface area contributed by atoms with Gasteiger partial charge in [0.25, 0.3) is 0 Å². The standard InChI is InChI=1S/C6H4Br2ClN.C6H6ClN/c7-4-1-3(9)2-5(8)6(4)10;7-5-1-3-6(8)4-2-5/h1-2H,10H2;1-4H,8H2. The summed E-state index contributed by atoms with van der Waals surface area (Å²) in [5.74, 6) is 0. The summed E-state index contributed by atoms with van der Waals surface area (Å²) in [6.07, 6.45) is 0. The lowest BCUT2D eigenvalue weighted by Gasteiger charge is -2.00. The van der Waals surface area contributed by atoms with Gasteiger partial charge in [0.05, 0.1) is 5.69 Å². The van der Waals surface area contributed by atoms with E-state index >= 15 is 0 Å². The Bertz CT molecular complexity index is 486. The molecule has 18 heavy (non-hydrogen) atoms. The number of anilines is 2. The minimum Gasteiger partial charge on any atom is -0.399 e. The van der Waals surface area contributed by atoms with Crippen molar-refractivity contribution in [2.75, 3.05) is 11.5 Å². The smallest absolute Gasteiger partial charge is 0.0603 e. The monoisotopic (exact) mass is 410 g/mol. The molecule has 0 fully saturated rings. The first-order valence-electron chi connectivity index (χ1n) is 4.81. The van der Waals surface area contributed by atoms with Gasteiger partial charge in [-0.1, -0.05) is 23.2 Å². The van der Waals surface area contributed by atoms with Gasteiger partial charge >= 0.3 is 0 Å². The maximum atomic E-state index is 5.71. The third-order valence-electron chi connectivity index (χ3n) is 1.91. The molecule has 0 spiro atoms. The summed E-state index contributed by atoms with van der Waals surface area (Å²) in [7, 11) is 0. The second kappa shape index (κ2) is 7.24. The first kappa shape index (κ1) is 15.6. The summed E-state index contributed by atoms with van der Waals surface area (Å²) < 4.78 is 1.62. The molecule has 0 saturated carbocycles. The molecule has 2 nitrogen and oxygen atoms in total. The Morgan fingerprint density at radius 1 is 0.778 bits per heavy atom. The van der Waals surface area contributed by atoms with Crippen LogP contribution in [0.5, 0.6) is 0 Å². The molecule has 2 aromatic rings. The summed E-state index contributed by atoms with van der Waals surface area (Å²) in [6.45, 7) is 0. The van der Waals surface area contributed by atoms with Gasteiger partial charge in [-0.2, -0.15) is 0 Å². The molecule has 2 rings (SSSR count). The van der Waals surface area contributed by atoms with Gasteiger partial charge in [-0.15, -0.1) is 0 Å². The lowest BCUT2D eigenvalue weighted by Crippen LogP contribution is -1.87. The van der Waals surface area contributed by atoms with Gasteiger partial charge < -0.3 is 11.5 Å². The van der Waals surface area contributed by atoms with Crippen LogP contribution in [0, 0.1) is 0 Å². The van der Waals surface area contributed by atoms with E-state index in [0.29, 0.717) is 10.7 Å². The highest BCUT2D eigenvalue weighted by atomic mass is 79.9. The van der Waals surface area contributed by atoms with Crippen molar-refractivity contribution in [3.63, 3.8) is 0 Å². The Morgan fingerprint density at radius 3 is 1.61 bits per heavy atom. The average Bonchev–Trinajstić information content (AvgIpc) is 2.31. The Kier molecular flexibility index (Phi) is 6.29. The van der Waals surface area contributed by atoms with Crippen molar-refractivity contribution >= 4 is 66.4 Å². The summed E-state index contributed by atoms with van der Waals surface area (Å²) in [5.41, 5.74) is 12.4. The number of benzene rings is 2. The van der Waals surface area contributed by atoms with Crippen molar-refractivity contribution in [2.24, 2.45) is 0 Å². The quantitative estimate of drug-likeness (QED) is 0.571. The van der Waals surface area contributed by atoms with Crippen LogP contribution >= 0.6 is 55.1 Å². The first-order chi connectivity index (χ1) is 8.40. The van der Waals surface area contributed by atoms with Crippen LogP contribution in [0.3, 0.4) is 0 Å². The molecule has 0 bridgehead atoms. The summed E-state index contributed by atoms with van der Waals surface area (Å²) >= 11 is 17.8. The molecule has 0 atom stereocenters. The molecule has 0 unspecified atom stereocenters. The SMILES string of the molecule is Nc1c(Br)cc(Cl)cc1Br.Nc1ccc(Cl)cc1. The molecule has 0 radical (unpaired) electrons. The number of hydrogen-bond acceptors (Lipinski definition) is 2. The van der Waals surface area contributed by atoms with Crippen LogP contribution in [0.1, 0.15) is 0 Å². The summed E-state index contributed by atoms with van der Waals surface area (Å²) in [5, 5.41) is 1.38. The van der Waals surface area contributed by atoms with Crippen molar-refractivity contribution in [3.8, 4) is 0 Å². The van der Waals surface area contributed by atoms with E-state index in [2.05, 4.69) is 31.9 Å². The zero-order valence-electron chi connectivity index (χ0n) is 9.13. The minimum absolute atomic E-state index is 0.660. The predicted molar refractivity (Wildman–Crippen MR) is 87.1 cm³/mol. The highest BCUT2D eigenvalue weighted by Crippen LogP contribution is 2.31. The molecule has 6 heteroatoms. The van der Waals surface area contributed by atoms with Gasteiger partial charge in [0.1, 0.15) is 0 Å². The molecule has 0 aliphatic carbocycles. The minimum atomic E-state index is 0.660. The van der Waals surface area contributed by atoms with Crippen molar-refractivity contribution < 1.29 is 0 Å². The highest BCUT2D eigenvalue weighted by molar-refractivity contribution is 9.11. The second-order valence-electron chi connectivity index (χ2n) is 3.33. The van der Waals surface area contributed by atoms with Crippen LogP contribution < -0.4 is 11.5 Å². The lowest BCUT2D eigenvalue weighted by atomic mass is 10.3.